The Morgan fingerprint density at radius 2 is 2.05 bits per heavy atom. The molecule has 0 spiro atoms. The SMILES string of the molecule is CCCC1CCC(C(Cc2ccc(F)cc2Br)NN)CC1. The second-order valence-electron chi connectivity index (χ2n) is 6.28. The molecule has 21 heavy (non-hydrogen) atoms. The molecule has 2 nitrogen and oxygen atoms in total. The third kappa shape index (κ3) is 4.76. The molecule has 0 heterocycles. The Morgan fingerprint density at radius 1 is 1.33 bits per heavy atom. The number of hydrazine groups is 1. The average molecular weight is 357 g/mol. The van der Waals surface area contributed by atoms with Crippen LogP contribution in [0.25, 0.3) is 0 Å². The van der Waals surface area contributed by atoms with E-state index in [0.717, 1.165) is 22.4 Å². The van der Waals surface area contributed by atoms with Gasteiger partial charge in [-0.2, -0.15) is 0 Å². The summed E-state index contributed by atoms with van der Waals surface area (Å²) < 4.78 is 14.0. The molecule has 1 aliphatic carbocycles. The largest absolute Gasteiger partial charge is 0.271 e. The molecule has 0 radical (unpaired) electrons. The van der Waals surface area contributed by atoms with Crippen LogP contribution in [0, 0.1) is 17.7 Å². The van der Waals surface area contributed by atoms with Gasteiger partial charge in [0.1, 0.15) is 5.82 Å². The highest BCUT2D eigenvalue weighted by Crippen LogP contribution is 2.34. The second kappa shape index (κ2) is 8.25. The summed E-state index contributed by atoms with van der Waals surface area (Å²) in [6, 6.07) is 5.17. The fourth-order valence-corrected chi connectivity index (χ4v) is 4.09. The molecule has 1 aliphatic rings. The smallest absolute Gasteiger partial charge is 0.124 e. The lowest BCUT2D eigenvalue weighted by Crippen LogP contribution is -2.43. The van der Waals surface area contributed by atoms with Gasteiger partial charge < -0.3 is 0 Å². The zero-order chi connectivity index (χ0) is 15.2. The third-order valence-corrected chi connectivity index (χ3v) is 5.56. The van der Waals surface area contributed by atoms with Crippen molar-refractivity contribution in [1.82, 2.24) is 5.43 Å². The van der Waals surface area contributed by atoms with E-state index in [1.165, 1.54) is 50.7 Å². The minimum absolute atomic E-state index is 0.206. The maximum absolute atomic E-state index is 13.2. The summed E-state index contributed by atoms with van der Waals surface area (Å²) in [5.74, 6) is 7.11. The zero-order valence-corrected chi connectivity index (χ0v) is 14.3. The lowest BCUT2D eigenvalue weighted by Gasteiger charge is -2.33. The molecule has 118 valence electrons. The number of hydrogen-bond acceptors (Lipinski definition) is 2. The van der Waals surface area contributed by atoms with Crippen LogP contribution in [0.15, 0.2) is 22.7 Å². The molecule has 0 aliphatic heterocycles. The summed E-state index contributed by atoms with van der Waals surface area (Å²) in [4.78, 5) is 0. The molecular formula is C17H26BrFN2. The third-order valence-electron chi connectivity index (χ3n) is 4.83. The molecule has 0 amide bonds. The van der Waals surface area contributed by atoms with Crippen LogP contribution in [-0.4, -0.2) is 6.04 Å². The summed E-state index contributed by atoms with van der Waals surface area (Å²) >= 11 is 3.45. The van der Waals surface area contributed by atoms with Crippen molar-refractivity contribution in [3.05, 3.63) is 34.1 Å². The van der Waals surface area contributed by atoms with E-state index in [0.29, 0.717) is 5.92 Å². The fraction of sp³-hybridized carbons (Fsp3) is 0.647. The highest BCUT2D eigenvalue weighted by Gasteiger charge is 2.27. The molecule has 1 unspecified atom stereocenters. The Morgan fingerprint density at radius 3 is 2.62 bits per heavy atom. The molecule has 2 rings (SSSR count). The Hall–Kier alpha value is -0.450. The average Bonchev–Trinajstić information content (AvgIpc) is 2.48. The Kier molecular flexibility index (Phi) is 6.65. The summed E-state index contributed by atoms with van der Waals surface area (Å²) in [5, 5.41) is 0. The number of rotatable bonds is 6. The molecular weight excluding hydrogens is 331 g/mol. The number of nitrogens with one attached hydrogen (secondary N) is 1. The van der Waals surface area contributed by atoms with Crippen LogP contribution in [-0.2, 0) is 6.42 Å². The first kappa shape index (κ1) is 16.9. The van der Waals surface area contributed by atoms with Gasteiger partial charge in [-0.3, -0.25) is 11.3 Å². The molecule has 1 saturated carbocycles. The molecule has 1 atom stereocenters. The van der Waals surface area contributed by atoms with Crippen molar-refractivity contribution in [1.29, 1.82) is 0 Å². The second-order valence-corrected chi connectivity index (χ2v) is 7.14. The highest BCUT2D eigenvalue weighted by molar-refractivity contribution is 9.10. The van der Waals surface area contributed by atoms with Crippen LogP contribution in [0.2, 0.25) is 0 Å². The molecule has 0 bridgehead atoms. The van der Waals surface area contributed by atoms with Crippen molar-refractivity contribution >= 4 is 15.9 Å². The van der Waals surface area contributed by atoms with Crippen molar-refractivity contribution < 1.29 is 4.39 Å². The lowest BCUT2D eigenvalue weighted by atomic mass is 9.76. The minimum atomic E-state index is -0.206. The number of hydrogen-bond donors (Lipinski definition) is 2. The Labute approximate surface area is 135 Å². The van der Waals surface area contributed by atoms with Gasteiger partial charge in [-0.25, -0.2) is 4.39 Å². The van der Waals surface area contributed by atoms with Crippen LogP contribution in [0.1, 0.15) is 51.0 Å². The summed E-state index contributed by atoms with van der Waals surface area (Å²) in [6.45, 7) is 2.27. The summed E-state index contributed by atoms with van der Waals surface area (Å²) in [5.41, 5.74) is 4.11. The number of benzene rings is 1. The van der Waals surface area contributed by atoms with Gasteiger partial charge in [0.25, 0.3) is 0 Å². The van der Waals surface area contributed by atoms with Crippen LogP contribution >= 0.6 is 15.9 Å². The van der Waals surface area contributed by atoms with Crippen molar-refractivity contribution in [2.24, 2.45) is 17.7 Å². The monoisotopic (exact) mass is 356 g/mol. The Balaban J connectivity index is 1.94. The van der Waals surface area contributed by atoms with Gasteiger partial charge in [0.15, 0.2) is 0 Å². The van der Waals surface area contributed by atoms with E-state index in [1.54, 1.807) is 0 Å². The van der Waals surface area contributed by atoms with E-state index in [2.05, 4.69) is 28.3 Å². The molecule has 1 aromatic rings. The van der Waals surface area contributed by atoms with Crippen molar-refractivity contribution in [3.8, 4) is 0 Å². The van der Waals surface area contributed by atoms with Gasteiger partial charge >= 0.3 is 0 Å². The molecule has 3 N–H and O–H groups in total. The minimum Gasteiger partial charge on any atom is -0.271 e. The number of halogens is 2. The maximum atomic E-state index is 13.2. The first-order valence-corrected chi connectivity index (χ1v) is 8.83. The van der Waals surface area contributed by atoms with Gasteiger partial charge in [0.2, 0.25) is 0 Å². The van der Waals surface area contributed by atoms with Crippen LogP contribution in [0.3, 0.4) is 0 Å². The molecule has 1 fully saturated rings. The van der Waals surface area contributed by atoms with E-state index in [4.69, 9.17) is 5.84 Å². The maximum Gasteiger partial charge on any atom is 0.124 e. The van der Waals surface area contributed by atoms with Crippen LogP contribution in [0.5, 0.6) is 0 Å². The van der Waals surface area contributed by atoms with E-state index in [1.807, 2.05) is 6.07 Å². The fourth-order valence-electron chi connectivity index (χ4n) is 3.57. The molecule has 0 saturated heterocycles. The van der Waals surface area contributed by atoms with Gasteiger partial charge in [0, 0.05) is 10.5 Å². The zero-order valence-electron chi connectivity index (χ0n) is 12.7. The van der Waals surface area contributed by atoms with Gasteiger partial charge in [0.05, 0.1) is 0 Å². The molecule has 0 aromatic heterocycles. The van der Waals surface area contributed by atoms with Crippen LogP contribution < -0.4 is 11.3 Å². The van der Waals surface area contributed by atoms with E-state index >= 15 is 0 Å². The van der Waals surface area contributed by atoms with Gasteiger partial charge in [-0.1, -0.05) is 54.6 Å². The standard InChI is InChI=1S/C17H26BrFN2/c1-2-3-12-4-6-13(7-5-12)17(21-20)10-14-8-9-15(19)11-16(14)18/h8-9,11-13,17,21H,2-7,10,20H2,1H3. The lowest BCUT2D eigenvalue weighted by molar-refractivity contribution is 0.213. The Bertz CT molecular complexity index is 444. The number of nitrogens with two attached hydrogens (primary N) is 1. The first-order chi connectivity index (χ1) is 10.1. The van der Waals surface area contributed by atoms with Crippen molar-refractivity contribution in [2.75, 3.05) is 0 Å². The van der Waals surface area contributed by atoms with Crippen molar-refractivity contribution in [3.63, 3.8) is 0 Å². The van der Waals surface area contributed by atoms with E-state index < -0.39 is 0 Å². The first-order valence-electron chi connectivity index (χ1n) is 8.04. The van der Waals surface area contributed by atoms with E-state index in [9.17, 15) is 4.39 Å². The quantitative estimate of drug-likeness (QED) is 0.578. The topological polar surface area (TPSA) is 38.0 Å². The van der Waals surface area contributed by atoms with Crippen molar-refractivity contribution in [2.45, 2.75) is 57.9 Å². The molecule has 1 aromatic carbocycles. The summed E-state index contributed by atoms with van der Waals surface area (Å²) in [6.07, 6.45) is 8.63. The van der Waals surface area contributed by atoms with Gasteiger partial charge in [-0.05, 0) is 48.8 Å². The highest BCUT2D eigenvalue weighted by atomic mass is 79.9. The normalized spacial score (nSPS) is 24.0. The predicted molar refractivity (Wildman–Crippen MR) is 89.3 cm³/mol. The van der Waals surface area contributed by atoms with Crippen LogP contribution in [0.4, 0.5) is 4.39 Å². The van der Waals surface area contributed by atoms with E-state index in [-0.39, 0.29) is 11.9 Å². The molecule has 4 heteroatoms. The van der Waals surface area contributed by atoms with Gasteiger partial charge in [-0.15, -0.1) is 0 Å². The predicted octanol–water partition coefficient (Wildman–Crippen LogP) is 4.57. The summed E-state index contributed by atoms with van der Waals surface area (Å²) in [7, 11) is 0.